The average Bonchev–Trinajstić information content (AvgIpc) is 3.19. The molecule has 0 spiro atoms. The molecular formula is C22H25N5O3. The van der Waals surface area contributed by atoms with Gasteiger partial charge < -0.3 is 19.7 Å². The van der Waals surface area contributed by atoms with E-state index in [-0.39, 0.29) is 12.5 Å². The second kappa shape index (κ2) is 9.06. The summed E-state index contributed by atoms with van der Waals surface area (Å²) in [7, 11) is 0. The minimum Gasteiger partial charge on any atom is -0.492 e. The van der Waals surface area contributed by atoms with Crippen molar-refractivity contribution in [2.45, 2.75) is 32.7 Å². The van der Waals surface area contributed by atoms with Gasteiger partial charge in [-0.3, -0.25) is 9.69 Å². The van der Waals surface area contributed by atoms with E-state index in [1.54, 1.807) is 0 Å². The highest BCUT2D eigenvalue weighted by atomic mass is 16.5. The van der Waals surface area contributed by atoms with E-state index in [1.807, 2.05) is 66.1 Å². The Morgan fingerprint density at radius 3 is 2.67 bits per heavy atom. The third-order valence-electron chi connectivity index (χ3n) is 5.17. The summed E-state index contributed by atoms with van der Waals surface area (Å²) in [6, 6.07) is 16.6. The fourth-order valence-electron chi connectivity index (χ4n) is 3.79. The number of aromatic nitrogens is 3. The van der Waals surface area contributed by atoms with Gasteiger partial charge in [-0.25, -0.2) is 0 Å². The molecule has 2 N–H and O–H groups in total. The zero-order valence-corrected chi connectivity index (χ0v) is 16.9. The molecule has 0 bridgehead atoms. The van der Waals surface area contributed by atoms with Crippen LogP contribution in [-0.4, -0.2) is 43.8 Å². The minimum atomic E-state index is -0.496. The third kappa shape index (κ3) is 4.05. The molecule has 2 aromatic carbocycles. The van der Waals surface area contributed by atoms with Crippen LogP contribution in [0.5, 0.6) is 5.75 Å². The van der Waals surface area contributed by atoms with E-state index < -0.39 is 6.04 Å². The van der Waals surface area contributed by atoms with Gasteiger partial charge in [-0.15, -0.1) is 10.2 Å². The van der Waals surface area contributed by atoms with Crippen molar-refractivity contribution in [3.05, 3.63) is 71.8 Å². The van der Waals surface area contributed by atoms with E-state index >= 15 is 0 Å². The Bertz CT molecular complexity index is 1010. The third-order valence-corrected chi connectivity index (χ3v) is 5.17. The number of carbonyl (C=O) groups is 1. The van der Waals surface area contributed by atoms with Crippen LogP contribution in [0.15, 0.2) is 54.6 Å². The molecule has 8 heteroatoms. The largest absolute Gasteiger partial charge is 0.492 e. The maximum absolute atomic E-state index is 13.5. The van der Waals surface area contributed by atoms with Crippen LogP contribution >= 0.6 is 0 Å². The number of benzene rings is 2. The van der Waals surface area contributed by atoms with Crippen LogP contribution in [-0.2, 0) is 24.5 Å². The fraction of sp³-hybridized carbons (Fsp3) is 0.318. The molecule has 156 valence electrons. The molecule has 0 unspecified atom stereocenters. The highest BCUT2D eigenvalue weighted by Crippen LogP contribution is 2.29. The van der Waals surface area contributed by atoms with Crippen LogP contribution in [0.1, 0.15) is 30.2 Å². The zero-order valence-electron chi connectivity index (χ0n) is 16.9. The van der Waals surface area contributed by atoms with Gasteiger partial charge in [0.05, 0.1) is 18.8 Å². The van der Waals surface area contributed by atoms with Crippen LogP contribution in [0.4, 0.5) is 5.69 Å². The predicted octanol–water partition coefficient (Wildman–Crippen LogP) is 2.36. The van der Waals surface area contributed by atoms with Gasteiger partial charge in [-0.1, -0.05) is 42.5 Å². The quantitative estimate of drug-likeness (QED) is 0.625. The monoisotopic (exact) mass is 407 g/mol. The summed E-state index contributed by atoms with van der Waals surface area (Å²) in [4.78, 5) is 15.5. The number of aliphatic hydroxyl groups is 1. The molecule has 0 fully saturated rings. The van der Waals surface area contributed by atoms with Gasteiger partial charge >= 0.3 is 0 Å². The number of para-hydroxylation sites is 2. The number of hydrogen-bond donors (Lipinski definition) is 2. The number of carbonyl (C=O) groups excluding carboxylic acids is 1. The molecule has 0 saturated heterocycles. The zero-order chi connectivity index (χ0) is 20.9. The van der Waals surface area contributed by atoms with Crippen LogP contribution in [0.2, 0.25) is 0 Å². The normalized spacial score (nSPS) is 14.7. The van der Waals surface area contributed by atoms with Gasteiger partial charge in [-0.2, -0.15) is 0 Å². The van der Waals surface area contributed by atoms with Gasteiger partial charge in [0.1, 0.15) is 24.2 Å². The number of ether oxygens (including phenoxy) is 1. The van der Waals surface area contributed by atoms with Gasteiger partial charge in [0.15, 0.2) is 5.82 Å². The standard InChI is InChI=1S/C22H25N5O3/c1-2-30-18-11-7-6-10-17(18)23-22(29)21(16-8-4-3-5-9-16)26-12-13-27-19(14-26)24-25-20(27)15-28/h3-11,21,28H,2,12-15H2,1H3,(H,23,29)/t21-/m0/s1. The lowest BCUT2D eigenvalue weighted by Crippen LogP contribution is -2.42. The molecule has 3 aromatic rings. The average molecular weight is 407 g/mol. The summed E-state index contributed by atoms with van der Waals surface area (Å²) < 4.78 is 7.57. The van der Waals surface area contributed by atoms with Crippen molar-refractivity contribution in [3.63, 3.8) is 0 Å². The lowest BCUT2D eigenvalue weighted by molar-refractivity contribution is -0.122. The molecule has 1 amide bonds. The number of aliphatic hydroxyl groups excluding tert-OH is 1. The summed E-state index contributed by atoms with van der Waals surface area (Å²) in [5, 5.41) is 20.7. The fourth-order valence-corrected chi connectivity index (χ4v) is 3.79. The summed E-state index contributed by atoms with van der Waals surface area (Å²) in [5.41, 5.74) is 1.55. The van der Waals surface area contributed by atoms with E-state index in [4.69, 9.17) is 4.74 Å². The van der Waals surface area contributed by atoms with Gasteiger partial charge in [0.2, 0.25) is 5.91 Å². The van der Waals surface area contributed by atoms with Gasteiger partial charge in [-0.05, 0) is 24.6 Å². The highest BCUT2D eigenvalue weighted by molar-refractivity contribution is 5.96. The summed E-state index contributed by atoms with van der Waals surface area (Å²) in [6.45, 7) is 4.00. The first-order valence-corrected chi connectivity index (χ1v) is 10.0. The maximum Gasteiger partial charge on any atom is 0.246 e. The molecule has 30 heavy (non-hydrogen) atoms. The summed E-state index contributed by atoms with van der Waals surface area (Å²) in [5.74, 6) is 1.81. The first kappa shape index (κ1) is 20.1. The molecule has 2 heterocycles. The number of hydrogen-bond acceptors (Lipinski definition) is 6. The van der Waals surface area contributed by atoms with E-state index in [0.717, 1.165) is 11.4 Å². The van der Waals surface area contributed by atoms with Crippen molar-refractivity contribution in [1.29, 1.82) is 0 Å². The van der Waals surface area contributed by atoms with Crippen LogP contribution in [0.3, 0.4) is 0 Å². The van der Waals surface area contributed by atoms with Crippen molar-refractivity contribution in [1.82, 2.24) is 19.7 Å². The number of fused-ring (bicyclic) bond motifs is 1. The SMILES string of the molecule is CCOc1ccccc1NC(=O)[C@H](c1ccccc1)N1CCn2c(CO)nnc2C1. The number of nitrogens with zero attached hydrogens (tertiary/aromatic N) is 4. The van der Waals surface area contributed by atoms with Crippen LogP contribution < -0.4 is 10.1 Å². The molecule has 1 aliphatic rings. The van der Waals surface area contributed by atoms with Crippen molar-refractivity contribution in [2.75, 3.05) is 18.5 Å². The first-order chi connectivity index (χ1) is 14.7. The van der Waals surface area contributed by atoms with Crippen molar-refractivity contribution in [2.24, 2.45) is 0 Å². The molecule has 8 nitrogen and oxygen atoms in total. The van der Waals surface area contributed by atoms with Crippen molar-refractivity contribution < 1.29 is 14.6 Å². The predicted molar refractivity (Wildman–Crippen MR) is 112 cm³/mol. The molecule has 1 atom stereocenters. The van der Waals surface area contributed by atoms with Crippen molar-refractivity contribution >= 4 is 11.6 Å². The highest BCUT2D eigenvalue weighted by Gasteiger charge is 2.32. The minimum absolute atomic E-state index is 0.135. The van der Waals surface area contributed by atoms with Gasteiger partial charge in [0.25, 0.3) is 0 Å². The first-order valence-electron chi connectivity index (χ1n) is 10.0. The lowest BCUT2D eigenvalue weighted by Gasteiger charge is -2.34. The molecule has 0 saturated carbocycles. The number of anilines is 1. The Labute approximate surface area is 175 Å². The summed E-state index contributed by atoms with van der Waals surface area (Å²) >= 11 is 0. The van der Waals surface area contributed by atoms with E-state index in [2.05, 4.69) is 20.4 Å². The Kier molecular flexibility index (Phi) is 6.06. The Hall–Kier alpha value is -3.23. The van der Waals surface area contributed by atoms with E-state index in [1.165, 1.54) is 0 Å². The number of nitrogens with one attached hydrogen (secondary N) is 1. The van der Waals surface area contributed by atoms with Gasteiger partial charge in [0, 0.05) is 13.1 Å². The topological polar surface area (TPSA) is 92.5 Å². The second-order valence-electron chi connectivity index (χ2n) is 7.04. The van der Waals surface area contributed by atoms with E-state index in [0.29, 0.717) is 43.5 Å². The molecule has 1 aliphatic heterocycles. The maximum atomic E-state index is 13.5. The molecule has 0 aliphatic carbocycles. The Morgan fingerprint density at radius 1 is 1.13 bits per heavy atom. The smallest absolute Gasteiger partial charge is 0.246 e. The Balaban J connectivity index is 1.62. The number of rotatable bonds is 7. The Morgan fingerprint density at radius 2 is 1.90 bits per heavy atom. The van der Waals surface area contributed by atoms with E-state index in [9.17, 15) is 9.90 Å². The van der Waals surface area contributed by atoms with Crippen molar-refractivity contribution in [3.8, 4) is 5.75 Å². The van der Waals surface area contributed by atoms with Crippen LogP contribution in [0.25, 0.3) is 0 Å². The summed E-state index contributed by atoms with van der Waals surface area (Å²) in [6.07, 6.45) is 0. The lowest BCUT2D eigenvalue weighted by atomic mass is 10.0. The van der Waals surface area contributed by atoms with Crippen LogP contribution in [0, 0.1) is 0 Å². The molecular weight excluding hydrogens is 382 g/mol. The molecule has 1 aromatic heterocycles. The second-order valence-corrected chi connectivity index (χ2v) is 7.04. The number of amides is 1. The molecule has 0 radical (unpaired) electrons. The molecule has 4 rings (SSSR count).